The smallest absolute Gasteiger partial charge is 0.354 e. The Morgan fingerprint density at radius 2 is 2.18 bits per heavy atom. The first-order valence-corrected chi connectivity index (χ1v) is 5.88. The van der Waals surface area contributed by atoms with Crippen molar-refractivity contribution >= 4 is 32.4 Å². The van der Waals surface area contributed by atoms with Crippen molar-refractivity contribution in [2.45, 2.75) is 6.92 Å². The highest BCUT2D eigenvalue weighted by atomic mass is 32.1. The highest BCUT2D eigenvalue weighted by Crippen LogP contribution is 2.31. The van der Waals surface area contributed by atoms with Crippen LogP contribution < -0.4 is 5.63 Å². The maximum atomic E-state index is 11.5. The van der Waals surface area contributed by atoms with E-state index in [-0.39, 0.29) is 5.56 Å². The molecule has 0 unspecified atom stereocenters. The summed E-state index contributed by atoms with van der Waals surface area (Å²) in [6, 6.07) is 9.27. The van der Waals surface area contributed by atoms with E-state index >= 15 is 0 Å². The van der Waals surface area contributed by atoms with E-state index in [4.69, 9.17) is 9.68 Å². The maximum Gasteiger partial charge on any atom is 0.354 e. The lowest BCUT2D eigenvalue weighted by molar-refractivity contribution is 0.561. The van der Waals surface area contributed by atoms with Gasteiger partial charge in [0.25, 0.3) is 0 Å². The third-order valence-corrected chi connectivity index (χ3v) is 3.66. The largest absolute Gasteiger partial charge is 0.421 e. The predicted molar refractivity (Wildman–Crippen MR) is 67.3 cm³/mol. The molecule has 0 amide bonds. The van der Waals surface area contributed by atoms with Crippen LogP contribution in [0.2, 0.25) is 0 Å². The van der Waals surface area contributed by atoms with Crippen molar-refractivity contribution in [2.75, 3.05) is 0 Å². The van der Waals surface area contributed by atoms with Crippen molar-refractivity contribution in [1.29, 1.82) is 5.26 Å². The molecule has 1 aromatic carbocycles. The Morgan fingerprint density at radius 1 is 1.35 bits per heavy atom. The zero-order chi connectivity index (χ0) is 12.0. The lowest BCUT2D eigenvalue weighted by atomic mass is 10.1. The van der Waals surface area contributed by atoms with Gasteiger partial charge in [0, 0.05) is 20.3 Å². The van der Waals surface area contributed by atoms with Gasteiger partial charge in [0.05, 0.1) is 0 Å². The van der Waals surface area contributed by atoms with Crippen molar-refractivity contribution in [3.05, 3.63) is 45.1 Å². The Labute approximate surface area is 101 Å². The number of fused-ring (bicyclic) bond motifs is 3. The van der Waals surface area contributed by atoms with Gasteiger partial charge < -0.3 is 4.42 Å². The number of nitrogens with zero attached hydrogens (tertiary/aromatic N) is 1. The van der Waals surface area contributed by atoms with Crippen molar-refractivity contribution < 1.29 is 4.42 Å². The quantitative estimate of drug-likeness (QED) is 0.568. The van der Waals surface area contributed by atoms with E-state index in [0.717, 1.165) is 15.5 Å². The molecule has 2 aromatic heterocycles. The van der Waals surface area contributed by atoms with Crippen LogP contribution in [0.5, 0.6) is 0 Å². The topological polar surface area (TPSA) is 54.0 Å². The first kappa shape index (κ1) is 10.1. The van der Waals surface area contributed by atoms with Crippen LogP contribution >= 0.6 is 11.3 Å². The molecule has 0 saturated carbocycles. The van der Waals surface area contributed by atoms with Gasteiger partial charge in [-0.3, -0.25) is 0 Å². The maximum absolute atomic E-state index is 11.5. The summed E-state index contributed by atoms with van der Waals surface area (Å²) in [5.74, 6) is 0. The summed E-state index contributed by atoms with van der Waals surface area (Å²) in [6.45, 7) is 2.01. The number of rotatable bonds is 0. The number of hydrogen-bond donors (Lipinski definition) is 0. The summed E-state index contributed by atoms with van der Waals surface area (Å²) >= 11 is 1.66. The van der Waals surface area contributed by atoms with Gasteiger partial charge in [-0.15, -0.1) is 11.3 Å². The van der Waals surface area contributed by atoms with Crippen molar-refractivity contribution in [2.24, 2.45) is 0 Å². The molecule has 0 fully saturated rings. The van der Waals surface area contributed by atoms with Crippen LogP contribution in [0.1, 0.15) is 10.4 Å². The van der Waals surface area contributed by atoms with E-state index in [0.29, 0.717) is 5.58 Å². The van der Waals surface area contributed by atoms with Gasteiger partial charge in [-0.2, -0.15) is 5.26 Å². The summed E-state index contributed by atoms with van der Waals surface area (Å²) < 4.78 is 6.32. The van der Waals surface area contributed by atoms with Gasteiger partial charge in [-0.1, -0.05) is 0 Å². The van der Waals surface area contributed by atoms with Gasteiger partial charge in [0.2, 0.25) is 0 Å². The molecular formula is C13H7NO2S. The highest BCUT2D eigenvalue weighted by molar-refractivity contribution is 7.19. The van der Waals surface area contributed by atoms with E-state index in [2.05, 4.69) is 0 Å². The van der Waals surface area contributed by atoms with Gasteiger partial charge in [0.1, 0.15) is 17.2 Å². The molecule has 2 heterocycles. The minimum atomic E-state index is -0.573. The van der Waals surface area contributed by atoms with E-state index < -0.39 is 5.63 Å². The minimum absolute atomic E-state index is 0.0452. The molecule has 4 heteroatoms. The van der Waals surface area contributed by atoms with Gasteiger partial charge in [-0.25, -0.2) is 4.79 Å². The zero-order valence-electron chi connectivity index (χ0n) is 8.98. The van der Waals surface area contributed by atoms with Crippen LogP contribution in [0.15, 0.2) is 33.5 Å². The van der Waals surface area contributed by atoms with E-state index in [1.807, 2.05) is 31.2 Å². The van der Waals surface area contributed by atoms with Crippen LogP contribution in [0.4, 0.5) is 0 Å². The summed E-state index contributed by atoms with van der Waals surface area (Å²) in [7, 11) is 0. The Bertz CT molecular complexity index is 836. The molecule has 3 aromatic rings. The van der Waals surface area contributed by atoms with E-state index in [9.17, 15) is 4.79 Å². The van der Waals surface area contributed by atoms with Crippen LogP contribution in [-0.4, -0.2) is 0 Å². The first-order valence-electron chi connectivity index (χ1n) is 5.06. The standard InChI is InChI=1S/C13H7NO2S/c1-7-4-10-11(17-7)3-2-8-5-9(6-14)13(15)16-12(8)10/h2-5H,1H3. The average molecular weight is 241 g/mol. The molecule has 0 spiro atoms. The molecule has 0 aliphatic heterocycles. The van der Waals surface area contributed by atoms with E-state index in [1.165, 1.54) is 4.88 Å². The fraction of sp³-hybridized carbons (Fsp3) is 0.0769. The predicted octanol–water partition coefficient (Wildman–Crippen LogP) is 3.19. The second-order valence-electron chi connectivity index (χ2n) is 3.81. The molecule has 0 radical (unpaired) electrons. The summed E-state index contributed by atoms with van der Waals surface area (Å²) in [6.07, 6.45) is 0. The molecular weight excluding hydrogens is 234 g/mol. The first-order chi connectivity index (χ1) is 8.19. The fourth-order valence-corrected chi connectivity index (χ4v) is 2.82. The van der Waals surface area contributed by atoms with Gasteiger partial charge in [-0.05, 0) is 31.2 Å². The van der Waals surface area contributed by atoms with Crippen molar-refractivity contribution in [1.82, 2.24) is 0 Å². The second kappa shape index (κ2) is 3.44. The summed E-state index contributed by atoms with van der Waals surface area (Å²) in [5.41, 5.74) is 0.0380. The summed E-state index contributed by atoms with van der Waals surface area (Å²) in [5, 5.41) is 10.5. The normalized spacial score (nSPS) is 10.8. The van der Waals surface area contributed by atoms with Crippen LogP contribution in [0.3, 0.4) is 0 Å². The van der Waals surface area contributed by atoms with Crippen molar-refractivity contribution in [3.63, 3.8) is 0 Å². The van der Waals surface area contributed by atoms with E-state index in [1.54, 1.807) is 17.4 Å². The third kappa shape index (κ3) is 1.44. The number of aryl methyl sites for hydroxylation is 1. The molecule has 0 aliphatic rings. The fourth-order valence-electron chi connectivity index (χ4n) is 1.90. The van der Waals surface area contributed by atoms with Crippen LogP contribution in [-0.2, 0) is 0 Å². The lowest BCUT2D eigenvalue weighted by Crippen LogP contribution is -2.02. The number of hydrogen-bond acceptors (Lipinski definition) is 4. The second-order valence-corrected chi connectivity index (χ2v) is 5.10. The number of benzene rings is 1. The molecule has 3 nitrogen and oxygen atoms in total. The molecule has 82 valence electrons. The third-order valence-electron chi connectivity index (χ3n) is 2.64. The molecule has 17 heavy (non-hydrogen) atoms. The highest BCUT2D eigenvalue weighted by Gasteiger charge is 2.09. The van der Waals surface area contributed by atoms with Gasteiger partial charge in [0.15, 0.2) is 0 Å². The minimum Gasteiger partial charge on any atom is -0.421 e. The molecule has 0 N–H and O–H groups in total. The molecule has 0 atom stereocenters. The Balaban J connectivity index is 2.55. The van der Waals surface area contributed by atoms with Crippen LogP contribution in [0.25, 0.3) is 21.1 Å². The number of nitriles is 1. The van der Waals surface area contributed by atoms with Crippen molar-refractivity contribution in [3.8, 4) is 6.07 Å². The molecule has 0 bridgehead atoms. The SMILES string of the molecule is Cc1cc2c(ccc3cc(C#N)c(=O)oc32)s1. The Hall–Kier alpha value is -2.12. The monoisotopic (exact) mass is 241 g/mol. The Morgan fingerprint density at radius 3 is 2.94 bits per heavy atom. The number of thiophene rings is 1. The Kier molecular flexibility index (Phi) is 2.03. The molecule has 0 saturated heterocycles. The zero-order valence-corrected chi connectivity index (χ0v) is 9.80. The molecule has 0 aliphatic carbocycles. The summed E-state index contributed by atoms with van der Waals surface area (Å²) in [4.78, 5) is 12.7. The lowest BCUT2D eigenvalue weighted by Gasteiger charge is -1.98. The average Bonchev–Trinajstić information content (AvgIpc) is 2.69. The molecule has 3 rings (SSSR count). The van der Waals surface area contributed by atoms with Gasteiger partial charge >= 0.3 is 5.63 Å². The van der Waals surface area contributed by atoms with Crippen LogP contribution in [0, 0.1) is 18.3 Å².